The van der Waals surface area contributed by atoms with Crippen LogP contribution in [-0.4, -0.2) is 17.0 Å². The third kappa shape index (κ3) is 4.76. The highest BCUT2D eigenvalue weighted by molar-refractivity contribution is 6.04. The molecule has 0 spiro atoms. The summed E-state index contributed by atoms with van der Waals surface area (Å²) in [4.78, 5) is 23.7. The van der Waals surface area contributed by atoms with Crippen LogP contribution in [0.1, 0.15) is 34.3 Å². The van der Waals surface area contributed by atoms with Gasteiger partial charge in [-0.2, -0.15) is 0 Å². The number of hydrogen-bond acceptors (Lipinski definition) is 5. The van der Waals surface area contributed by atoms with Crippen LogP contribution in [0.5, 0.6) is 5.75 Å². The van der Waals surface area contributed by atoms with Crippen molar-refractivity contribution in [2.24, 2.45) is 0 Å². The number of carbonyl (C=O) groups excluding carboxylic acids is 2. The molecule has 3 aromatic rings. The van der Waals surface area contributed by atoms with Crippen molar-refractivity contribution in [2.45, 2.75) is 27.4 Å². The van der Waals surface area contributed by atoms with E-state index in [2.05, 4.69) is 15.8 Å². The average molecular weight is 379 g/mol. The number of rotatable bonds is 6. The summed E-state index contributed by atoms with van der Waals surface area (Å²) in [5.41, 5.74) is 3.07. The lowest BCUT2D eigenvalue weighted by atomic mass is 10.2. The first-order valence-corrected chi connectivity index (χ1v) is 8.76. The lowest BCUT2D eigenvalue weighted by Gasteiger charge is -2.08. The van der Waals surface area contributed by atoms with Crippen LogP contribution in [0.3, 0.4) is 0 Å². The van der Waals surface area contributed by atoms with Gasteiger partial charge in [0, 0.05) is 18.3 Å². The van der Waals surface area contributed by atoms with Crippen LogP contribution in [0.25, 0.3) is 0 Å². The van der Waals surface area contributed by atoms with Crippen LogP contribution in [0.15, 0.2) is 53.1 Å². The predicted octanol–water partition coefficient (Wildman–Crippen LogP) is 4.08. The van der Waals surface area contributed by atoms with Gasteiger partial charge >= 0.3 is 0 Å². The molecule has 0 saturated carbocycles. The highest BCUT2D eigenvalue weighted by Crippen LogP contribution is 2.20. The second kappa shape index (κ2) is 8.39. The second-order valence-electron chi connectivity index (χ2n) is 6.38. The van der Waals surface area contributed by atoms with E-state index in [9.17, 15) is 9.59 Å². The van der Waals surface area contributed by atoms with Gasteiger partial charge in [-0.3, -0.25) is 9.59 Å². The van der Waals surface area contributed by atoms with Crippen molar-refractivity contribution in [1.82, 2.24) is 5.16 Å². The molecule has 144 valence electrons. The SMILES string of the molecule is CC(=O)Nc1ccc(NC(=O)c2noc(C)c2COc2cccc(C)c2)cc1. The molecular weight excluding hydrogens is 358 g/mol. The Morgan fingerprint density at radius 3 is 2.36 bits per heavy atom. The Balaban J connectivity index is 1.69. The minimum atomic E-state index is -0.396. The van der Waals surface area contributed by atoms with Crippen molar-refractivity contribution in [1.29, 1.82) is 0 Å². The largest absolute Gasteiger partial charge is 0.489 e. The molecule has 0 aliphatic rings. The molecule has 0 aliphatic carbocycles. The molecule has 7 heteroatoms. The number of benzene rings is 2. The zero-order chi connectivity index (χ0) is 20.1. The highest BCUT2D eigenvalue weighted by Gasteiger charge is 2.20. The van der Waals surface area contributed by atoms with E-state index in [0.717, 1.165) is 5.56 Å². The first-order chi connectivity index (χ1) is 13.4. The lowest BCUT2D eigenvalue weighted by molar-refractivity contribution is -0.114. The molecule has 3 rings (SSSR count). The Bertz CT molecular complexity index is 993. The van der Waals surface area contributed by atoms with E-state index in [0.29, 0.717) is 28.4 Å². The normalized spacial score (nSPS) is 10.4. The maximum atomic E-state index is 12.6. The monoisotopic (exact) mass is 379 g/mol. The van der Waals surface area contributed by atoms with Crippen LogP contribution in [0.4, 0.5) is 11.4 Å². The smallest absolute Gasteiger partial charge is 0.278 e. The zero-order valence-corrected chi connectivity index (χ0v) is 15.9. The van der Waals surface area contributed by atoms with Crippen molar-refractivity contribution in [3.8, 4) is 5.75 Å². The maximum Gasteiger partial charge on any atom is 0.278 e. The molecule has 0 unspecified atom stereocenters. The number of anilines is 2. The van der Waals surface area contributed by atoms with Crippen molar-refractivity contribution in [3.63, 3.8) is 0 Å². The Labute approximate surface area is 162 Å². The predicted molar refractivity (Wildman–Crippen MR) is 105 cm³/mol. The van der Waals surface area contributed by atoms with E-state index in [1.807, 2.05) is 31.2 Å². The van der Waals surface area contributed by atoms with Crippen LogP contribution in [-0.2, 0) is 11.4 Å². The maximum absolute atomic E-state index is 12.6. The van der Waals surface area contributed by atoms with E-state index < -0.39 is 5.91 Å². The molecule has 1 heterocycles. The minimum absolute atomic E-state index is 0.159. The molecule has 2 amide bonds. The van der Waals surface area contributed by atoms with E-state index in [4.69, 9.17) is 9.26 Å². The molecular formula is C21H21N3O4. The Kier molecular flexibility index (Phi) is 5.74. The van der Waals surface area contributed by atoms with Crippen molar-refractivity contribution >= 4 is 23.2 Å². The van der Waals surface area contributed by atoms with Crippen molar-refractivity contribution in [2.75, 3.05) is 10.6 Å². The number of aryl methyl sites for hydroxylation is 2. The van der Waals surface area contributed by atoms with Gasteiger partial charge in [0.25, 0.3) is 5.91 Å². The van der Waals surface area contributed by atoms with Crippen LogP contribution in [0.2, 0.25) is 0 Å². The third-order valence-corrected chi connectivity index (χ3v) is 4.04. The molecule has 0 bridgehead atoms. The Hall–Kier alpha value is -3.61. The van der Waals surface area contributed by atoms with E-state index in [-0.39, 0.29) is 18.2 Å². The molecule has 0 radical (unpaired) electrons. The first-order valence-electron chi connectivity index (χ1n) is 8.76. The number of nitrogens with zero attached hydrogens (tertiary/aromatic N) is 1. The Morgan fingerprint density at radius 2 is 1.71 bits per heavy atom. The summed E-state index contributed by atoms with van der Waals surface area (Å²) in [6.45, 7) is 5.32. The molecule has 28 heavy (non-hydrogen) atoms. The standard InChI is InChI=1S/C21H21N3O4/c1-13-5-4-6-18(11-13)27-12-19-14(2)28-24-20(19)21(26)23-17-9-7-16(8-10-17)22-15(3)25/h4-11H,12H2,1-3H3,(H,22,25)(H,23,26). The molecule has 0 saturated heterocycles. The van der Waals surface area contributed by atoms with E-state index in [1.54, 1.807) is 31.2 Å². The summed E-state index contributed by atoms with van der Waals surface area (Å²) in [6, 6.07) is 14.4. The zero-order valence-electron chi connectivity index (χ0n) is 15.9. The minimum Gasteiger partial charge on any atom is -0.489 e. The van der Waals surface area contributed by atoms with Crippen molar-refractivity contribution in [3.05, 3.63) is 71.1 Å². The van der Waals surface area contributed by atoms with Gasteiger partial charge in [0.1, 0.15) is 18.1 Å². The van der Waals surface area contributed by atoms with Gasteiger partial charge in [-0.05, 0) is 55.8 Å². The number of hydrogen-bond donors (Lipinski definition) is 2. The quantitative estimate of drug-likeness (QED) is 0.673. The molecule has 0 atom stereocenters. The van der Waals surface area contributed by atoms with Gasteiger partial charge < -0.3 is 19.9 Å². The number of carbonyl (C=O) groups is 2. The second-order valence-corrected chi connectivity index (χ2v) is 6.38. The van der Waals surface area contributed by atoms with E-state index in [1.165, 1.54) is 6.92 Å². The van der Waals surface area contributed by atoms with Gasteiger partial charge in [-0.15, -0.1) is 0 Å². The summed E-state index contributed by atoms with van der Waals surface area (Å²) in [7, 11) is 0. The molecule has 7 nitrogen and oxygen atoms in total. The van der Waals surface area contributed by atoms with E-state index >= 15 is 0 Å². The van der Waals surface area contributed by atoms with Gasteiger partial charge in [0.2, 0.25) is 5.91 Å². The van der Waals surface area contributed by atoms with Gasteiger partial charge in [-0.25, -0.2) is 0 Å². The highest BCUT2D eigenvalue weighted by atomic mass is 16.5. The number of aromatic nitrogens is 1. The summed E-state index contributed by atoms with van der Waals surface area (Å²) < 4.78 is 11.0. The summed E-state index contributed by atoms with van der Waals surface area (Å²) >= 11 is 0. The summed E-state index contributed by atoms with van der Waals surface area (Å²) in [5, 5.41) is 9.31. The van der Waals surface area contributed by atoms with Gasteiger partial charge in [0.05, 0.1) is 5.56 Å². The van der Waals surface area contributed by atoms with Crippen LogP contribution < -0.4 is 15.4 Å². The topological polar surface area (TPSA) is 93.5 Å². The average Bonchev–Trinajstić information content (AvgIpc) is 3.02. The van der Waals surface area contributed by atoms with Crippen LogP contribution in [0, 0.1) is 13.8 Å². The molecule has 1 aromatic heterocycles. The first kappa shape index (κ1) is 19.2. The molecule has 0 fully saturated rings. The lowest BCUT2D eigenvalue weighted by Crippen LogP contribution is -2.15. The molecule has 2 aromatic carbocycles. The summed E-state index contributed by atoms with van der Waals surface area (Å²) in [6.07, 6.45) is 0. The fourth-order valence-corrected chi connectivity index (χ4v) is 2.63. The van der Waals surface area contributed by atoms with Crippen LogP contribution >= 0.6 is 0 Å². The Morgan fingerprint density at radius 1 is 1.04 bits per heavy atom. The fourth-order valence-electron chi connectivity index (χ4n) is 2.63. The fraction of sp³-hybridized carbons (Fsp3) is 0.190. The number of amides is 2. The molecule has 2 N–H and O–H groups in total. The van der Waals surface area contributed by atoms with Crippen molar-refractivity contribution < 1.29 is 18.8 Å². The number of nitrogens with one attached hydrogen (secondary N) is 2. The third-order valence-electron chi connectivity index (χ3n) is 4.04. The van der Waals surface area contributed by atoms with Gasteiger partial charge in [0.15, 0.2) is 5.69 Å². The van der Waals surface area contributed by atoms with Gasteiger partial charge in [-0.1, -0.05) is 17.3 Å². The number of ether oxygens (including phenoxy) is 1. The molecule has 0 aliphatic heterocycles. The summed E-state index contributed by atoms with van der Waals surface area (Å²) in [5.74, 6) is 0.680.